The Morgan fingerprint density at radius 3 is 2.38 bits per heavy atom. The van der Waals surface area contributed by atoms with Crippen molar-refractivity contribution in [2.45, 2.75) is 12.8 Å². The fourth-order valence-electron chi connectivity index (χ4n) is 0.901. The van der Waals surface area contributed by atoms with Gasteiger partial charge in [-0.1, -0.05) is 15.9 Å². The van der Waals surface area contributed by atoms with Gasteiger partial charge in [-0.15, -0.1) is 0 Å². The molecule has 0 spiro atoms. The number of rotatable bonds is 1. The van der Waals surface area contributed by atoms with E-state index < -0.39 is 0 Å². The van der Waals surface area contributed by atoms with Crippen LogP contribution >= 0.6 is 27.7 Å². The van der Waals surface area contributed by atoms with Crippen molar-refractivity contribution < 1.29 is 0 Å². The third-order valence-corrected chi connectivity index (χ3v) is 3.52. The molecule has 0 aromatic heterocycles. The van der Waals surface area contributed by atoms with E-state index in [2.05, 4.69) is 27.7 Å². The Bertz CT molecular complexity index is 59.5. The zero-order chi connectivity index (χ0) is 5.82. The highest BCUT2D eigenvalue weighted by Crippen LogP contribution is 2.23. The highest BCUT2D eigenvalue weighted by Gasteiger charge is 2.10. The maximum Gasteiger partial charge on any atom is 0.00602 e. The predicted octanol–water partition coefficient (Wildman–Crippen LogP) is 2.52. The predicted molar refractivity (Wildman–Crippen MR) is 43.8 cm³/mol. The van der Waals surface area contributed by atoms with E-state index in [1.807, 2.05) is 0 Å². The van der Waals surface area contributed by atoms with E-state index >= 15 is 0 Å². The van der Waals surface area contributed by atoms with Crippen molar-refractivity contribution in [2.75, 3.05) is 16.8 Å². The average Bonchev–Trinajstić information content (AvgIpc) is 1.90. The Morgan fingerprint density at radius 1 is 1.38 bits per heavy atom. The van der Waals surface area contributed by atoms with Crippen molar-refractivity contribution in [2.24, 2.45) is 5.92 Å². The summed E-state index contributed by atoms with van der Waals surface area (Å²) in [6, 6.07) is 0. The first kappa shape index (κ1) is 6.94. The van der Waals surface area contributed by atoms with E-state index in [9.17, 15) is 0 Å². The van der Waals surface area contributed by atoms with Gasteiger partial charge in [0.15, 0.2) is 0 Å². The van der Waals surface area contributed by atoms with Crippen LogP contribution in [0, 0.1) is 5.92 Å². The molecule has 0 saturated carbocycles. The topological polar surface area (TPSA) is 0 Å². The number of halogens is 1. The Kier molecular flexibility index (Phi) is 3.28. The lowest BCUT2D eigenvalue weighted by atomic mass is 10.1. The number of alkyl halides is 1. The summed E-state index contributed by atoms with van der Waals surface area (Å²) >= 11 is 5.59. The van der Waals surface area contributed by atoms with E-state index in [1.165, 1.54) is 29.7 Å². The van der Waals surface area contributed by atoms with Crippen LogP contribution in [-0.2, 0) is 0 Å². The van der Waals surface area contributed by atoms with Crippen LogP contribution in [0.15, 0.2) is 0 Å². The maximum atomic E-state index is 3.50. The Balaban J connectivity index is 2.13. The van der Waals surface area contributed by atoms with Crippen molar-refractivity contribution in [3.63, 3.8) is 0 Å². The monoisotopic (exact) mass is 194 g/mol. The Labute approximate surface area is 63.5 Å². The molecule has 0 bridgehead atoms. The van der Waals surface area contributed by atoms with Gasteiger partial charge in [-0.05, 0) is 30.3 Å². The Morgan fingerprint density at radius 2 is 2.00 bits per heavy atom. The highest BCUT2D eigenvalue weighted by atomic mass is 79.9. The van der Waals surface area contributed by atoms with Gasteiger partial charge in [0, 0.05) is 5.33 Å². The lowest BCUT2D eigenvalue weighted by Gasteiger charge is -2.17. The second-order valence-corrected chi connectivity index (χ2v) is 4.08. The number of hydrogen-bond donors (Lipinski definition) is 0. The molecule has 0 atom stereocenters. The van der Waals surface area contributed by atoms with Crippen LogP contribution in [0.2, 0.25) is 0 Å². The molecule has 0 N–H and O–H groups in total. The minimum atomic E-state index is 0.983. The summed E-state index contributed by atoms with van der Waals surface area (Å²) in [5.41, 5.74) is 0. The number of thioether (sulfide) groups is 1. The summed E-state index contributed by atoms with van der Waals surface area (Å²) < 4.78 is 0. The van der Waals surface area contributed by atoms with E-state index in [0.29, 0.717) is 0 Å². The van der Waals surface area contributed by atoms with E-state index in [4.69, 9.17) is 0 Å². The van der Waals surface area contributed by atoms with Gasteiger partial charge in [-0.25, -0.2) is 0 Å². The maximum absolute atomic E-state index is 3.50. The van der Waals surface area contributed by atoms with Crippen molar-refractivity contribution in [1.82, 2.24) is 0 Å². The van der Waals surface area contributed by atoms with Crippen LogP contribution in [-0.4, -0.2) is 16.8 Å². The minimum Gasteiger partial charge on any atom is -0.162 e. The van der Waals surface area contributed by atoms with Gasteiger partial charge < -0.3 is 0 Å². The molecule has 2 heteroatoms. The molecule has 48 valence electrons. The minimum absolute atomic E-state index is 0.983. The lowest BCUT2D eigenvalue weighted by molar-refractivity contribution is 0.554. The molecule has 1 aliphatic rings. The van der Waals surface area contributed by atoms with Crippen LogP contribution in [0.3, 0.4) is 0 Å². The fourth-order valence-corrected chi connectivity index (χ4v) is 2.75. The molecule has 0 aromatic rings. The molecule has 1 heterocycles. The van der Waals surface area contributed by atoms with Crippen molar-refractivity contribution in [3.8, 4) is 0 Å². The summed E-state index contributed by atoms with van der Waals surface area (Å²) in [5, 5.41) is 1.22. The smallest absolute Gasteiger partial charge is 0.00602 e. The van der Waals surface area contributed by atoms with E-state index in [-0.39, 0.29) is 0 Å². The summed E-state index contributed by atoms with van der Waals surface area (Å²) in [6.07, 6.45) is 2.85. The molecule has 1 fully saturated rings. The zero-order valence-electron chi connectivity index (χ0n) is 4.90. The molecule has 0 nitrogen and oxygen atoms in total. The summed E-state index contributed by atoms with van der Waals surface area (Å²) in [5.74, 6) is 3.75. The van der Waals surface area contributed by atoms with Crippen molar-refractivity contribution in [1.29, 1.82) is 0 Å². The van der Waals surface area contributed by atoms with Crippen LogP contribution in [0.5, 0.6) is 0 Å². The van der Waals surface area contributed by atoms with Crippen molar-refractivity contribution in [3.05, 3.63) is 0 Å². The standard InChI is InChI=1S/C6H11BrS/c7-5-6-1-3-8-4-2-6/h6H,1-5H2. The summed E-state index contributed by atoms with van der Waals surface area (Å²) in [7, 11) is 0. The van der Waals surface area contributed by atoms with Gasteiger partial charge in [0.2, 0.25) is 0 Å². The first-order chi connectivity index (χ1) is 3.93. The Hall–Kier alpha value is 0.830. The first-order valence-corrected chi connectivity index (χ1v) is 5.35. The largest absolute Gasteiger partial charge is 0.162 e. The second kappa shape index (κ2) is 3.78. The fraction of sp³-hybridized carbons (Fsp3) is 1.00. The van der Waals surface area contributed by atoms with Gasteiger partial charge in [0.1, 0.15) is 0 Å². The van der Waals surface area contributed by atoms with E-state index in [0.717, 1.165) is 5.92 Å². The molecule has 0 radical (unpaired) electrons. The van der Waals surface area contributed by atoms with Crippen LogP contribution < -0.4 is 0 Å². The molecule has 0 unspecified atom stereocenters. The van der Waals surface area contributed by atoms with Gasteiger partial charge in [-0.3, -0.25) is 0 Å². The van der Waals surface area contributed by atoms with Gasteiger partial charge in [0.05, 0.1) is 0 Å². The molecule has 1 saturated heterocycles. The molecule has 1 aliphatic heterocycles. The SMILES string of the molecule is BrCC1CCSCC1. The summed E-state index contributed by atoms with van der Waals surface area (Å²) in [6.45, 7) is 0. The molecule has 1 rings (SSSR count). The van der Waals surface area contributed by atoms with Crippen molar-refractivity contribution >= 4 is 27.7 Å². The molecule has 8 heavy (non-hydrogen) atoms. The molecule has 0 aromatic carbocycles. The van der Waals surface area contributed by atoms with Gasteiger partial charge in [0.25, 0.3) is 0 Å². The molecular weight excluding hydrogens is 184 g/mol. The zero-order valence-corrected chi connectivity index (χ0v) is 7.30. The number of hydrogen-bond acceptors (Lipinski definition) is 1. The summed E-state index contributed by atoms with van der Waals surface area (Å²) in [4.78, 5) is 0. The van der Waals surface area contributed by atoms with Crippen LogP contribution in [0.1, 0.15) is 12.8 Å². The van der Waals surface area contributed by atoms with E-state index in [1.54, 1.807) is 0 Å². The van der Waals surface area contributed by atoms with Gasteiger partial charge in [-0.2, -0.15) is 11.8 Å². The van der Waals surface area contributed by atoms with Crippen LogP contribution in [0.25, 0.3) is 0 Å². The molecule has 0 amide bonds. The molecule has 0 aliphatic carbocycles. The quantitative estimate of drug-likeness (QED) is 0.579. The first-order valence-electron chi connectivity index (χ1n) is 3.07. The third-order valence-electron chi connectivity index (χ3n) is 1.56. The second-order valence-electron chi connectivity index (χ2n) is 2.21. The molecular formula is C6H11BrS. The third kappa shape index (κ3) is 1.98. The normalized spacial score (nSPS) is 23.6. The lowest BCUT2D eigenvalue weighted by Crippen LogP contribution is -2.09. The average molecular weight is 195 g/mol. The van der Waals surface area contributed by atoms with Gasteiger partial charge >= 0.3 is 0 Å². The van der Waals surface area contributed by atoms with Crippen LogP contribution in [0.4, 0.5) is 0 Å². The highest BCUT2D eigenvalue weighted by molar-refractivity contribution is 9.09.